The molecular formula is C28H29ClF4N6O3. The zero-order valence-electron chi connectivity index (χ0n) is 23.0. The number of hydrogen-bond donors (Lipinski definition) is 1. The molecule has 42 heavy (non-hydrogen) atoms. The Morgan fingerprint density at radius 3 is 2.69 bits per heavy atom. The van der Waals surface area contributed by atoms with Gasteiger partial charge < -0.3 is 24.8 Å². The number of anilines is 2. The second-order valence-electron chi connectivity index (χ2n) is 11.8. The van der Waals surface area contributed by atoms with Crippen molar-refractivity contribution in [2.24, 2.45) is 5.41 Å². The van der Waals surface area contributed by atoms with Gasteiger partial charge in [-0.3, -0.25) is 4.90 Å². The van der Waals surface area contributed by atoms with E-state index >= 15 is 4.39 Å². The minimum atomic E-state index is -4.92. The average Bonchev–Trinajstić information content (AvgIpc) is 3.62. The van der Waals surface area contributed by atoms with E-state index < -0.39 is 39.9 Å². The first-order valence-corrected chi connectivity index (χ1v) is 14.2. The third kappa shape index (κ3) is 4.56. The number of likely N-dealkylation sites (N-methyl/N-ethyl adjacent to an activating group) is 2. The molecule has 1 spiro atoms. The normalized spacial score (nSPS) is 24.9. The lowest BCUT2D eigenvalue weighted by Crippen LogP contribution is -2.49. The third-order valence-electron chi connectivity index (χ3n) is 8.97. The number of nitrogens with two attached hydrogens (primary N) is 1. The molecule has 3 aromatic rings. The fraction of sp³-hybridized carbons (Fsp3) is 0.536. The van der Waals surface area contributed by atoms with E-state index in [2.05, 4.69) is 19.9 Å². The summed E-state index contributed by atoms with van der Waals surface area (Å²) >= 11 is 6.00. The fourth-order valence-electron chi connectivity index (χ4n) is 6.62. The van der Waals surface area contributed by atoms with Gasteiger partial charge >= 0.3 is 12.2 Å². The summed E-state index contributed by atoms with van der Waals surface area (Å²) in [6.45, 7) is 1.97. The minimum absolute atomic E-state index is 0.0799. The first-order valence-electron chi connectivity index (χ1n) is 13.8. The van der Waals surface area contributed by atoms with Crippen LogP contribution in [-0.2, 0) is 10.9 Å². The van der Waals surface area contributed by atoms with Crippen molar-refractivity contribution in [3.8, 4) is 23.1 Å². The highest BCUT2D eigenvalue weighted by Crippen LogP contribution is 2.54. The van der Waals surface area contributed by atoms with Crippen LogP contribution in [0.5, 0.6) is 11.9 Å². The predicted octanol–water partition coefficient (Wildman–Crippen LogP) is 4.93. The van der Waals surface area contributed by atoms with Gasteiger partial charge in [-0.05, 0) is 50.3 Å². The lowest BCUT2D eigenvalue weighted by molar-refractivity contribution is -0.137. The highest BCUT2D eigenvalue weighted by atomic mass is 35.5. The predicted molar refractivity (Wildman–Crippen MR) is 147 cm³/mol. The number of likely N-dealkylation sites (tertiary alicyclic amines) is 1. The van der Waals surface area contributed by atoms with Crippen LogP contribution in [0.1, 0.15) is 31.2 Å². The van der Waals surface area contributed by atoms with Crippen LogP contribution in [0, 0.1) is 11.2 Å². The van der Waals surface area contributed by atoms with Gasteiger partial charge in [0.15, 0.2) is 5.82 Å². The van der Waals surface area contributed by atoms with E-state index in [9.17, 15) is 13.2 Å². The minimum Gasteiger partial charge on any atom is -0.469 e. The number of halogens is 5. The van der Waals surface area contributed by atoms with Crippen LogP contribution < -0.4 is 20.1 Å². The van der Waals surface area contributed by atoms with E-state index in [0.717, 1.165) is 25.1 Å². The van der Waals surface area contributed by atoms with Crippen LogP contribution in [0.2, 0.25) is 5.02 Å². The van der Waals surface area contributed by atoms with Gasteiger partial charge in [0.25, 0.3) is 0 Å². The Hall–Kier alpha value is -3.16. The van der Waals surface area contributed by atoms with E-state index in [1.165, 1.54) is 12.8 Å². The molecule has 1 aromatic carbocycles. The summed E-state index contributed by atoms with van der Waals surface area (Å²) in [6.07, 6.45) is -1.49. The van der Waals surface area contributed by atoms with Crippen LogP contribution in [0.25, 0.3) is 22.2 Å². The van der Waals surface area contributed by atoms with E-state index in [1.54, 1.807) is 7.05 Å². The molecule has 14 heteroatoms. The number of nitrogen functional groups attached to an aromatic ring is 1. The van der Waals surface area contributed by atoms with Crippen LogP contribution >= 0.6 is 11.6 Å². The van der Waals surface area contributed by atoms with Crippen molar-refractivity contribution in [1.29, 1.82) is 0 Å². The maximum absolute atomic E-state index is 16.5. The van der Waals surface area contributed by atoms with Crippen molar-refractivity contribution < 1.29 is 31.8 Å². The third-order valence-corrected chi connectivity index (χ3v) is 9.26. The molecule has 2 N–H and O–H groups in total. The lowest BCUT2D eigenvalue weighted by atomic mass is 10.0. The van der Waals surface area contributed by atoms with Crippen LogP contribution in [-0.4, -0.2) is 78.5 Å². The molecule has 7 rings (SSSR count). The van der Waals surface area contributed by atoms with Crippen molar-refractivity contribution in [3.63, 3.8) is 0 Å². The van der Waals surface area contributed by atoms with Crippen molar-refractivity contribution in [1.82, 2.24) is 19.9 Å². The molecule has 3 aliphatic heterocycles. The van der Waals surface area contributed by atoms with Crippen LogP contribution in [0.3, 0.4) is 0 Å². The molecule has 224 valence electrons. The number of aromatic nitrogens is 3. The SMILES string of the molecule is CN1CC2(CC2)C[C@H]1COc1nc2c3c(nc(-c4cc(N)cc(Cl)c4C(F)(F)F)c(F)c3n1)O[C@H]1COCC[C@@H]1N2C. The topological polar surface area (TPSA) is 98.9 Å². The molecule has 0 amide bonds. The summed E-state index contributed by atoms with van der Waals surface area (Å²) in [5.74, 6) is -0.884. The number of hydrogen-bond acceptors (Lipinski definition) is 9. The van der Waals surface area contributed by atoms with E-state index in [-0.39, 0.29) is 47.2 Å². The first kappa shape index (κ1) is 27.7. The van der Waals surface area contributed by atoms with Gasteiger partial charge in [-0.25, -0.2) is 9.37 Å². The van der Waals surface area contributed by atoms with Crippen LogP contribution in [0.4, 0.5) is 29.1 Å². The number of benzene rings is 1. The molecule has 3 atom stereocenters. The Labute approximate surface area is 243 Å². The van der Waals surface area contributed by atoms with Gasteiger partial charge in [0.2, 0.25) is 5.88 Å². The largest absolute Gasteiger partial charge is 0.469 e. The molecular weight excluding hydrogens is 580 g/mol. The van der Waals surface area contributed by atoms with E-state index in [1.807, 2.05) is 11.9 Å². The Morgan fingerprint density at radius 2 is 1.98 bits per heavy atom. The number of nitrogens with zero attached hydrogens (tertiary/aromatic N) is 5. The number of fused-ring (bicyclic) bond motifs is 1. The maximum Gasteiger partial charge on any atom is 0.418 e. The molecule has 1 saturated carbocycles. The van der Waals surface area contributed by atoms with E-state index in [4.69, 9.17) is 31.5 Å². The Kier molecular flexibility index (Phi) is 6.37. The molecule has 3 fully saturated rings. The summed E-state index contributed by atoms with van der Waals surface area (Å²) in [4.78, 5) is 17.4. The van der Waals surface area contributed by atoms with Gasteiger partial charge in [0.05, 0.1) is 23.2 Å². The number of rotatable bonds is 4. The summed E-state index contributed by atoms with van der Waals surface area (Å²) in [6, 6.07) is 1.81. The molecule has 0 radical (unpaired) electrons. The highest BCUT2D eigenvalue weighted by Gasteiger charge is 2.51. The molecule has 1 aliphatic carbocycles. The van der Waals surface area contributed by atoms with E-state index in [0.29, 0.717) is 30.9 Å². The quantitative estimate of drug-likeness (QED) is 0.326. The number of pyridine rings is 1. The zero-order chi connectivity index (χ0) is 29.6. The molecule has 0 unspecified atom stereocenters. The molecule has 9 nitrogen and oxygen atoms in total. The Morgan fingerprint density at radius 1 is 1.19 bits per heavy atom. The van der Waals surface area contributed by atoms with Crippen LogP contribution in [0.15, 0.2) is 12.1 Å². The number of alkyl halides is 3. The zero-order valence-corrected chi connectivity index (χ0v) is 23.7. The lowest BCUT2D eigenvalue weighted by Gasteiger charge is -2.35. The van der Waals surface area contributed by atoms with Crippen molar-refractivity contribution in [2.45, 2.75) is 50.0 Å². The van der Waals surface area contributed by atoms with Crippen molar-refractivity contribution in [2.75, 3.05) is 51.1 Å². The average molecular weight is 609 g/mol. The standard InChI is InChI=1S/C28H29ClF4N6O3/c1-38-12-27(4-5-27)9-14(38)10-41-26-36-23-19-24(37-26)39(2)17-3-6-40-11-18(17)42-25(19)35-22(21(23)30)15-7-13(34)8-16(29)20(15)28(31,32)33/h7-8,14,17-18H,3-6,9-12,34H2,1-2H3/t14-,17-,18-/m0/s1. The summed E-state index contributed by atoms with van der Waals surface area (Å²) < 4.78 is 76.9. The molecule has 2 aromatic heterocycles. The monoisotopic (exact) mass is 608 g/mol. The number of ether oxygens (including phenoxy) is 3. The van der Waals surface area contributed by atoms with Crippen molar-refractivity contribution in [3.05, 3.63) is 28.5 Å². The Balaban J connectivity index is 1.39. The highest BCUT2D eigenvalue weighted by molar-refractivity contribution is 6.32. The second kappa shape index (κ2) is 9.68. The smallest absolute Gasteiger partial charge is 0.418 e. The maximum atomic E-state index is 16.5. The summed E-state index contributed by atoms with van der Waals surface area (Å²) in [7, 11) is 3.85. The molecule has 2 saturated heterocycles. The summed E-state index contributed by atoms with van der Waals surface area (Å²) in [5, 5.41) is -0.536. The van der Waals surface area contributed by atoms with Gasteiger partial charge in [-0.15, -0.1) is 0 Å². The first-order chi connectivity index (χ1) is 19.9. The second-order valence-corrected chi connectivity index (χ2v) is 12.2. The van der Waals surface area contributed by atoms with Crippen molar-refractivity contribution >= 4 is 34.0 Å². The molecule has 5 heterocycles. The molecule has 4 aliphatic rings. The Bertz CT molecular complexity index is 1590. The fourth-order valence-corrected chi connectivity index (χ4v) is 6.96. The van der Waals surface area contributed by atoms with Gasteiger partial charge in [-0.2, -0.15) is 23.1 Å². The summed E-state index contributed by atoms with van der Waals surface area (Å²) in [5.41, 5.74) is 3.33. The van der Waals surface area contributed by atoms with Gasteiger partial charge in [0, 0.05) is 37.5 Å². The molecule has 0 bridgehead atoms. The van der Waals surface area contributed by atoms with Gasteiger partial charge in [-0.1, -0.05) is 11.6 Å². The van der Waals surface area contributed by atoms with Gasteiger partial charge in [0.1, 0.15) is 35.1 Å².